The van der Waals surface area contributed by atoms with Gasteiger partial charge in [0, 0.05) is 19.2 Å². The van der Waals surface area contributed by atoms with Crippen LogP contribution in [-0.4, -0.2) is 25.2 Å². The molecule has 6 nitrogen and oxygen atoms in total. The molecule has 1 heterocycles. The predicted molar refractivity (Wildman–Crippen MR) is 93.9 cm³/mol. The molecule has 0 saturated carbocycles. The lowest BCUT2D eigenvalue weighted by Gasteiger charge is -2.21. The van der Waals surface area contributed by atoms with E-state index in [4.69, 9.17) is 9.47 Å². The maximum atomic E-state index is 12.9. The van der Waals surface area contributed by atoms with E-state index in [0.29, 0.717) is 11.5 Å². The van der Waals surface area contributed by atoms with Crippen LogP contribution in [0.2, 0.25) is 0 Å². The Morgan fingerprint density at radius 2 is 1.86 bits per heavy atom. The van der Waals surface area contributed by atoms with Gasteiger partial charge in [-0.3, -0.25) is 9.59 Å². The quantitative estimate of drug-likeness (QED) is 0.846. The van der Waals surface area contributed by atoms with Crippen LogP contribution < -0.4 is 19.7 Å². The van der Waals surface area contributed by atoms with Gasteiger partial charge in [-0.1, -0.05) is 12.1 Å². The molecular weight excluding hydrogens is 377 g/mol. The van der Waals surface area contributed by atoms with Crippen molar-refractivity contribution >= 4 is 17.5 Å². The smallest absolute Gasteiger partial charge is 0.416 e. The van der Waals surface area contributed by atoms with E-state index in [1.807, 2.05) is 0 Å². The zero-order valence-electron chi connectivity index (χ0n) is 14.9. The minimum absolute atomic E-state index is 0.000513. The van der Waals surface area contributed by atoms with Gasteiger partial charge < -0.3 is 19.7 Å². The van der Waals surface area contributed by atoms with Crippen molar-refractivity contribution in [3.8, 4) is 11.5 Å². The predicted octanol–water partition coefficient (Wildman–Crippen LogP) is 3.10. The molecular formula is C19H17F3N2O4. The largest absolute Gasteiger partial charge is 0.454 e. The number of hydrogen-bond acceptors (Lipinski definition) is 4. The van der Waals surface area contributed by atoms with Crippen LogP contribution in [0, 0.1) is 0 Å². The normalized spacial score (nSPS) is 12.6. The molecule has 1 aliphatic rings. The molecule has 9 heteroatoms. The van der Waals surface area contributed by atoms with E-state index in [2.05, 4.69) is 5.32 Å². The molecule has 2 amide bonds. The highest BCUT2D eigenvalue weighted by atomic mass is 19.4. The number of alkyl halides is 3. The Morgan fingerprint density at radius 3 is 2.57 bits per heavy atom. The van der Waals surface area contributed by atoms with Gasteiger partial charge in [-0.2, -0.15) is 13.2 Å². The van der Waals surface area contributed by atoms with E-state index < -0.39 is 30.1 Å². The molecule has 0 fully saturated rings. The van der Waals surface area contributed by atoms with Crippen LogP contribution in [0.4, 0.5) is 18.9 Å². The fourth-order valence-corrected chi connectivity index (χ4v) is 2.69. The number of amides is 2. The molecule has 148 valence electrons. The number of nitrogens with zero attached hydrogens (tertiary/aromatic N) is 1. The SMILES string of the molecule is CC(=O)N(CC(=O)NCc1ccc2c(c1)OCO2)c1cccc(C(F)(F)F)c1. The average Bonchev–Trinajstić information content (AvgIpc) is 3.11. The third-order valence-corrected chi connectivity index (χ3v) is 4.09. The highest BCUT2D eigenvalue weighted by Gasteiger charge is 2.31. The lowest BCUT2D eigenvalue weighted by molar-refractivity contribution is -0.137. The van der Waals surface area contributed by atoms with Crippen molar-refractivity contribution in [3.63, 3.8) is 0 Å². The van der Waals surface area contributed by atoms with Crippen LogP contribution in [0.25, 0.3) is 0 Å². The van der Waals surface area contributed by atoms with Crippen LogP contribution in [0.15, 0.2) is 42.5 Å². The number of fused-ring (bicyclic) bond motifs is 1. The van der Waals surface area contributed by atoms with Gasteiger partial charge in [0.15, 0.2) is 11.5 Å². The van der Waals surface area contributed by atoms with Crippen molar-refractivity contribution in [2.45, 2.75) is 19.6 Å². The zero-order valence-corrected chi connectivity index (χ0v) is 14.9. The fraction of sp³-hybridized carbons (Fsp3) is 0.263. The lowest BCUT2D eigenvalue weighted by atomic mass is 10.1. The Bertz CT molecular complexity index is 899. The number of hydrogen-bond donors (Lipinski definition) is 1. The van der Waals surface area contributed by atoms with E-state index in [1.165, 1.54) is 19.1 Å². The number of ether oxygens (including phenoxy) is 2. The second-order valence-electron chi connectivity index (χ2n) is 6.12. The number of rotatable bonds is 5. The molecule has 0 bridgehead atoms. The summed E-state index contributed by atoms with van der Waals surface area (Å²) in [6.07, 6.45) is -4.54. The second-order valence-corrected chi connectivity index (χ2v) is 6.12. The van der Waals surface area contributed by atoms with Gasteiger partial charge >= 0.3 is 6.18 Å². The van der Waals surface area contributed by atoms with Crippen molar-refractivity contribution in [1.29, 1.82) is 0 Å². The first-order chi connectivity index (χ1) is 13.2. The molecule has 2 aromatic carbocycles. The van der Waals surface area contributed by atoms with Crippen molar-refractivity contribution in [2.75, 3.05) is 18.2 Å². The number of anilines is 1. The number of nitrogens with one attached hydrogen (secondary N) is 1. The summed E-state index contributed by atoms with van der Waals surface area (Å²) in [7, 11) is 0. The van der Waals surface area contributed by atoms with Crippen molar-refractivity contribution in [2.24, 2.45) is 0 Å². The summed E-state index contributed by atoms with van der Waals surface area (Å²) < 4.78 is 49.2. The summed E-state index contributed by atoms with van der Waals surface area (Å²) in [6, 6.07) is 9.48. The van der Waals surface area contributed by atoms with Gasteiger partial charge in [-0.25, -0.2) is 0 Å². The molecule has 0 saturated heterocycles. The van der Waals surface area contributed by atoms with E-state index in [9.17, 15) is 22.8 Å². The molecule has 2 aromatic rings. The highest BCUT2D eigenvalue weighted by molar-refractivity contribution is 5.97. The minimum Gasteiger partial charge on any atom is -0.454 e. The van der Waals surface area contributed by atoms with E-state index in [1.54, 1.807) is 18.2 Å². The number of halogens is 3. The van der Waals surface area contributed by atoms with Gasteiger partial charge in [0.25, 0.3) is 0 Å². The average molecular weight is 394 g/mol. The van der Waals surface area contributed by atoms with Gasteiger partial charge in [-0.15, -0.1) is 0 Å². The summed E-state index contributed by atoms with van der Waals surface area (Å²) in [4.78, 5) is 25.1. The third-order valence-electron chi connectivity index (χ3n) is 4.09. The number of carbonyl (C=O) groups is 2. The topological polar surface area (TPSA) is 67.9 Å². The molecule has 0 aromatic heterocycles. The summed E-state index contributed by atoms with van der Waals surface area (Å²) >= 11 is 0. The monoisotopic (exact) mass is 394 g/mol. The van der Waals surface area contributed by atoms with Gasteiger partial charge in [0.1, 0.15) is 6.54 Å². The molecule has 3 rings (SSSR count). The zero-order chi connectivity index (χ0) is 20.3. The second kappa shape index (κ2) is 7.79. The number of benzene rings is 2. The van der Waals surface area contributed by atoms with Crippen LogP contribution in [-0.2, 0) is 22.3 Å². The van der Waals surface area contributed by atoms with Gasteiger partial charge in [0.05, 0.1) is 5.56 Å². The van der Waals surface area contributed by atoms with E-state index >= 15 is 0 Å². The van der Waals surface area contributed by atoms with Gasteiger partial charge in [-0.05, 0) is 35.9 Å². The Hall–Kier alpha value is -3.23. The molecule has 0 radical (unpaired) electrons. The van der Waals surface area contributed by atoms with E-state index in [-0.39, 0.29) is 19.0 Å². The first-order valence-electron chi connectivity index (χ1n) is 8.34. The maximum Gasteiger partial charge on any atom is 0.416 e. The van der Waals surface area contributed by atoms with Crippen molar-refractivity contribution < 1.29 is 32.2 Å². The molecule has 0 atom stereocenters. The summed E-state index contributed by atoms with van der Waals surface area (Å²) in [5.74, 6) is 0.131. The van der Waals surface area contributed by atoms with Crippen molar-refractivity contribution in [1.82, 2.24) is 5.32 Å². The van der Waals surface area contributed by atoms with Crippen LogP contribution in [0.5, 0.6) is 11.5 Å². The van der Waals surface area contributed by atoms with Crippen molar-refractivity contribution in [3.05, 3.63) is 53.6 Å². The summed E-state index contributed by atoms with van der Waals surface area (Å²) in [5, 5.41) is 2.64. The number of carbonyl (C=O) groups excluding carboxylic acids is 2. The minimum atomic E-state index is -4.54. The first kappa shape index (κ1) is 19.5. The third kappa shape index (κ3) is 4.54. The van der Waals surface area contributed by atoms with Crippen LogP contribution in [0.3, 0.4) is 0 Å². The lowest BCUT2D eigenvalue weighted by Crippen LogP contribution is -2.39. The van der Waals surface area contributed by atoms with E-state index in [0.717, 1.165) is 22.6 Å². The first-order valence-corrected chi connectivity index (χ1v) is 8.34. The Kier molecular flexibility index (Phi) is 5.43. The molecule has 1 aliphatic heterocycles. The Balaban J connectivity index is 1.66. The van der Waals surface area contributed by atoms with Gasteiger partial charge in [0.2, 0.25) is 18.6 Å². The fourth-order valence-electron chi connectivity index (χ4n) is 2.69. The summed E-state index contributed by atoms with van der Waals surface area (Å²) in [6.45, 7) is 1.09. The standard InChI is InChI=1S/C19H17F3N2O4/c1-12(25)24(15-4-2-3-14(8-15)19(20,21)22)10-18(26)23-9-13-5-6-16-17(7-13)28-11-27-16/h2-8H,9-11H2,1H3,(H,23,26). The summed E-state index contributed by atoms with van der Waals surface area (Å²) in [5.41, 5.74) is -0.136. The Morgan fingerprint density at radius 1 is 1.11 bits per heavy atom. The highest BCUT2D eigenvalue weighted by Crippen LogP contribution is 2.33. The molecule has 0 aliphatic carbocycles. The van der Waals surface area contributed by atoms with Crippen LogP contribution in [0.1, 0.15) is 18.1 Å². The molecule has 28 heavy (non-hydrogen) atoms. The maximum absolute atomic E-state index is 12.9. The molecule has 0 unspecified atom stereocenters. The molecule has 0 spiro atoms. The van der Waals surface area contributed by atoms with Crippen LogP contribution >= 0.6 is 0 Å². The molecule has 1 N–H and O–H groups in total. The Labute approximate surface area is 158 Å².